The van der Waals surface area contributed by atoms with Crippen LogP contribution in [0.4, 0.5) is 5.82 Å². The van der Waals surface area contributed by atoms with Crippen molar-refractivity contribution >= 4 is 52.1 Å². The van der Waals surface area contributed by atoms with E-state index in [1.165, 1.54) is 17.8 Å². The van der Waals surface area contributed by atoms with Gasteiger partial charge in [0.25, 0.3) is 0 Å². The van der Waals surface area contributed by atoms with E-state index >= 15 is 0 Å². The second-order valence-electron chi connectivity index (χ2n) is 6.99. The molecule has 0 spiro atoms. The number of phosphoric ester groups is 1. The Bertz CT molecular complexity index is 1200. The van der Waals surface area contributed by atoms with Gasteiger partial charge in [-0.2, -0.15) is 8.62 Å². The van der Waals surface area contributed by atoms with Gasteiger partial charge in [0.1, 0.15) is 28.4 Å². The van der Waals surface area contributed by atoms with Gasteiger partial charge in [0.05, 0.1) is 12.9 Å². The number of ether oxygens (including phenoxy) is 1. The highest BCUT2D eigenvalue weighted by Crippen LogP contribution is 2.66. The third-order valence-electron chi connectivity index (χ3n) is 4.35. The lowest BCUT2D eigenvalue weighted by Crippen LogP contribution is -2.39. The molecule has 2 aromatic rings. The van der Waals surface area contributed by atoms with Gasteiger partial charge in [-0.05, 0) is 13.8 Å². The summed E-state index contributed by atoms with van der Waals surface area (Å²) in [5, 5.41) is 10.6. The third-order valence-corrected chi connectivity index (χ3v) is 8.56. The summed E-state index contributed by atoms with van der Waals surface area (Å²) in [6.07, 6.45) is -2.74. The molecule has 0 aromatic carbocycles. The number of halogens is 1. The smallest absolute Gasteiger partial charge is 0.388 e. The summed E-state index contributed by atoms with van der Waals surface area (Å²) in [6.45, 7) is 2.09. The molecule has 0 bridgehead atoms. The molecule has 0 radical (unpaired) electrons. The van der Waals surface area contributed by atoms with Gasteiger partial charge in [0.2, 0.25) is 0 Å². The Hall–Kier alpha value is -1.03. The van der Waals surface area contributed by atoms with Crippen molar-refractivity contribution < 1.29 is 56.3 Å². The monoisotopic (exact) mass is 553 g/mol. The zero-order valence-electron chi connectivity index (χ0n) is 16.7. The summed E-state index contributed by atoms with van der Waals surface area (Å²) in [7, 11) is -16.7. The molecule has 1 saturated heterocycles. The van der Waals surface area contributed by atoms with Crippen molar-refractivity contribution in [3.8, 4) is 0 Å². The van der Waals surface area contributed by atoms with E-state index in [4.69, 9.17) is 31.9 Å². The number of aromatic nitrogens is 4. The van der Waals surface area contributed by atoms with Crippen LogP contribution in [0.1, 0.15) is 19.0 Å². The number of aryl methyl sites for hydroxylation is 1. The number of anilines is 1. The van der Waals surface area contributed by atoms with Gasteiger partial charge in [-0.25, -0.2) is 28.6 Å². The molecule has 0 saturated carbocycles. The Labute approximate surface area is 189 Å². The van der Waals surface area contributed by atoms with E-state index in [-0.39, 0.29) is 17.0 Å². The summed E-state index contributed by atoms with van der Waals surface area (Å²) in [5.41, 5.74) is 6.30. The quantitative estimate of drug-likeness (QED) is 0.190. The molecule has 3 rings (SSSR count). The second-order valence-corrected chi connectivity index (χ2v) is 12.2. The molecule has 3 heterocycles. The molecule has 2 aromatic heterocycles. The average Bonchev–Trinajstić information content (AvgIpc) is 3.10. The molecule has 7 N–H and O–H groups in total. The fraction of sp³-hybridized carbons (Fsp3) is 0.583. The Balaban J connectivity index is 1.77. The number of alkyl halides is 1. The van der Waals surface area contributed by atoms with Crippen LogP contribution in [0.25, 0.3) is 11.2 Å². The van der Waals surface area contributed by atoms with Crippen molar-refractivity contribution in [2.24, 2.45) is 0 Å². The summed E-state index contributed by atoms with van der Waals surface area (Å²) in [4.78, 5) is 46.7. The number of hydrogen-bond donors (Lipinski definition) is 6. The second kappa shape index (κ2) is 8.88. The molecular weight excluding hydrogens is 535 g/mol. The Kier molecular flexibility index (Phi) is 7.15. The first kappa shape index (κ1) is 26.6. The maximum absolute atomic E-state index is 11.9. The lowest BCUT2D eigenvalue weighted by molar-refractivity contribution is -0.0432. The van der Waals surface area contributed by atoms with Crippen LogP contribution in [0.2, 0.25) is 0 Å². The first-order valence-corrected chi connectivity index (χ1v) is 13.6. The lowest BCUT2D eigenvalue weighted by Gasteiger charge is -2.26. The van der Waals surface area contributed by atoms with Gasteiger partial charge in [-0.15, -0.1) is 11.6 Å². The zero-order chi connectivity index (χ0) is 25.0. The molecule has 1 fully saturated rings. The number of imidazole rings is 1. The normalized spacial score (nSPS) is 29.8. The summed E-state index contributed by atoms with van der Waals surface area (Å²) >= 11 is 6.47. The van der Waals surface area contributed by atoms with Gasteiger partial charge in [0, 0.05) is 0 Å². The summed E-state index contributed by atoms with van der Waals surface area (Å²) in [5.74, 6) is 0.413. The average molecular weight is 554 g/mol. The SMILES string of the molecule is Cc1nc(N)c2ncn([C@H]3O[C@H](COP(=O)(O)OP(=O)(O)OP(=O)(O)O)[C@@H](O)[C@@]3(C)Cl)c2n1. The Morgan fingerprint density at radius 1 is 1.21 bits per heavy atom. The van der Waals surface area contributed by atoms with Crippen LogP contribution in [-0.4, -0.2) is 67.9 Å². The highest BCUT2D eigenvalue weighted by atomic mass is 35.5. The van der Waals surface area contributed by atoms with Crippen molar-refractivity contribution in [3.05, 3.63) is 12.2 Å². The van der Waals surface area contributed by atoms with Gasteiger partial charge < -0.3 is 35.2 Å². The molecule has 0 aliphatic carbocycles. The fourth-order valence-electron chi connectivity index (χ4n) is 3.04. The van der Waals surface area contributed by atoms with Crippen molar-refractivity contribution in [1.82, 2.24) is 19.5 Å². The van der Waals surface area contributed by atoms with Crippen molar-refractivity contribution in [2.45, 2.75) is 37.2 Å². The standard InChI is InChI=1S/C12H19ClN5O12P3/c1-5-16-9(14)7-10(17-5)18(4-15-7)11-12(2,13)8(19)6(28-11)3-27-32(23,24)30-33(25,26)29-31(20,21)22/h4,6,8,11,19H,3H2,1-2H3,(H,23,24)(H,25,26)(H2,14,16,17)(H2,20,21,22)/t6-,8-,11+,12-/m1/s1. The predicted molar refractivity (Wildman–Crippen MR) is 108 cm³/mol. The number of aliphatic hydroxyl groups is 1. The van der Waals surface area contributed by atoms with Crippen molar-refractivity contribution in [1.29, 1.82) is 0 Å². The molecule has 1 aliphatic rings. The summed E-state index contributed by atoms with van der Waals surface area (Å²) in [6, 6.07) is 0. The van der Waals surface area contributed by atoms with Gasteiger partial charge >= 0.3 is 23.5 Å². The zero-order valence-corrected chi connectivity index (χ0v) is 20.1. The predicted octanol–water partition coefficient (Wildman–Crippen LogP) is 0.316. The molecule has 21 heteroatoms. The maximum Gasteiger partial charge on any atom is 0.490 e. The number of nitrogens with zero attached hydrogens (tertiary/aromatic N) is 4. The largest absolute Gasteiger partial charge is 0.490 e. The van der Waals surface area contributed by atoms with Crippen molar-refractivity contribution in [2.75, 3.05) is 12.3 Å². The highest BCUT2D eigenvalue weighted by Gasteiger charge is 2.54. The van der Waals surface area contributed by atoms with E-state index in [2.05, 4.69) is 28.1 Å². The van der Waals surface area contributed by atoms with Crippen LogP contribution in [0.3, 0.4) is 0 Å². The Morgan fingerprint density at radius 3 is 2.45 bits per heavy atom. The van der Waals surface area contributed by atoms with Crippen LogP contribution in [0.15, 0.2) is 6.33 Å². The Morgan fingerprint density at radius 2 is 1.85 bits per heavy atom. The summed E-state index contributed by atoms with van der Waals surface area (Å²) < 4.78 is 52.8. The fourth-order valence-corrected chi connectivity index (χ4v) is 6.37. The lowest BCUT2D eigenvalue weighted by atomic mass is 10.0. The van der Waals surface area contributed by atoms with Crippen molar-refractivity contribution in [3.63, 3.8) is 0 Å². The number of fused-ring (bicyclic) bond motifs is 1. The first-order chi connectivity index (χ1) is 14.9. The molecule has 1 aliphatic heterocycles. The minimum Gasteiger partial charge on any atom is -0.388 e. The molecule has 17 nitrogen and oxygen atoms in total. The van der Waals surface area contributed by atoms with Crippen LogP contribution < -0.4 is 5.73 Å². The van der Waals surface area contributed by atoms with Gasteiger partial charge in [-0.3, -0.25) is 9.09 Å². The van der Waals surface area contributed by atoms with E-state index in [1.807, 2.05) is 0 Å². The maximum atomic E-state index is 11.9. The van der Waals surface area contributed by atoms with Gasteiger partial charge in [-0.1, -0.05) is 0 Å². The number of nitrogens with two attached hydrogens (primary N) is 1. The number of rotatable bonds is 8. The van der Waals surface area contributed by atoms with E-state index in [0.29, 0.717) is 5.82 Å². The van der Waals surface area contributed by atoms with Crippen LogP contribution in [0.5, 0.6) is 0 Å². The topological polar surface area (TPSA) is 259 Å². The number of phosphoric acid groups is 3. The number of aliphatic hydroxyl groups excluding tert-OH is 1. The van der Waals surface area contributed by atoms with E-state index < -0.39 is 53.4 Å². The van der Waals surface area contributed by atoms with Crippen LogP contribution in [0, 0.1) is 6.92 Å². The molecule has 33 heavy (non-hydrogen) atoms. The number of hydrogen-bond acceptors (Lipinski definition) is 12. The minimum absolute atomic E-state index is 0.0929. The van der Waals surface area contributed by atoms with E-state index in [1.54, 1.807) is 6.92 Å². The number of nitrogen functional groups attached to an aromatic ring is 1. The molecular formula is C12H19ClN5O12P3. The van der Waals surface area contributed by atoms with Crippen LogP contribution >= 0.6 is 35.1 Å². The highest BCUT2D eigenvalue weighted by molar-refractivity contribution is 7.66. The third kappa shape index (κ3) is 5.97. The molecule has 6 atom stereocenters. The minimum atomic E-state index is -5.70. The molecule has 186 valence electrons. The van der Waals surface area contributed by atoms with Gasteiger partial charge in [0.15, 0.2) is 17.7 Å². The van der Waals surface area contributed by atoms with E-state index in [0.717, 1.165) is 0 Å². The van der Waals surface area contributed by atoms with Crippen LogP contribution in [-0.2, 0) is 31.6 Å². The molecule has 0 amide bonds. The van der Waals surface area contributed by atoms with E-state index in [9.17, 15) is 28.6 Å². The molecule has 2 unspecified atom stereocenters. The first-order valence-electron chi connectivity index (χ1n) is 8.69.